The lowest BCUT2D eigenvalue weighted by Crippen LogP contribution is -2.63. The third-order valence-corrected chi connectivity index (χ3v) is 1.87. The summed E-state index contributed by atoms with van der Waals surface area (Å²) in [5.74, 6) is 1.28. The number of nitrogens with two attached hydrogens (primary N) is 2. The number of methoxy groups -OCH3 is 2. The zero-order chi connectivity index (χ0) is 12.0. The Hall–Kier alpha value is -2.24. The van der Waals surface area contributed by atoms with Gasteiger partial charge in [-0.2, -0.15) is 0 Å². The summed E-state index contributed by atoms with van der Waals surface area (Å²) in [6, 6.07) is 5.45. The topological polar surface area (TPSA) is 96.8 Å². The number of nitrogens with zero attached hydrogens (tertiary/aromatic N) is 1. The van der Waals surface area contributed by atoms with Gasteiger partial charge in [-0.1, -0.05) is 6.07 Å². The van der Waals surface area contributed by atoms with E-state index in [0.717, 1.165) is 5.56 Å². The van der Waals surface area contributed by atoms with Crippen LogP contribution in [-0.2, 0) is 0 Å². The molecule has 0 bridgehead atoms. The summed E-state index contributed by atoms with van der Waals surface area (Å²) >= 11 is 0. The highest BCUT2D eigenvalue weighted by Crippen LogP contribution is 2.25. The van der Waals surface area contributed by atoms with Gasteiger partial charge in [0, 0.05) is 5.10 Å². The second kappa shape index (κ2) is 5.59. The van der Waals surface area contributed by atoms with Gasteiger partial charge in [0.25, 0.3) is 5.96 Å². The van der Waals surface area contributed by atoms with Crippen molar-refractivity contribution >= 4 is 12.2 Å². The number of guanidine groups is 1. The average molecular weight is 223 g/mol. The van der Waals surface area contributed by atoms with E-state index in [4.69, 9.17) is 20.9 Å². The maximum atomic E-state index is 5.18. The first kappa shape index (κ1) is 11.8. The van der Waals surface area contributed by atoms with E-state index in [1.807, 2.05) is 18.2 Å². The van der Waals surface area contributed by atoms with E-state index in [-0.39, 0.29) is 5.96 Å². The van der Waals surface area contributed by atoms with Crippen LogP contribution in [0.25, 0.3) is 0 Å². The SMILES string of the molecule is COc1cccc(OC)c1C=[NH+]N=C(N)N. The van der Waals surface area contributed by atoms with Gasteiger partial charge >= 0.3 is 0 Å². The smallest absolute Gasteiger partial charge is 0.256 e. The minimum Gasteiger partial charge on any atom is -0.496 e. The second-order valence-electron chi connectivity index (χ2n) is 2.89. The number of rotatable bonds is 4. The Bertz CT molecular complexity index is 389. The van der Waals surface area contributed by atoms with E-state index >= 15 is 0 Å². The van der Waals surface area contributed by atoms with Crippen LogP contribution < -0.4 is 26.0 Å². The van der Waals surface area contributed by atoms with Crippen molar-refractivity contribution in [3.8, 4) is 11.5 Å². The molecule has 5 N–H and O–H groups in total. The summed E-state index contributed by atoms with van der Waals surface area (Å²) in [6.45, 7) is 0. The molecule has 16 heavy (non-hydrogen) atoms. The van der Waals surface area contributed by atoms with Gasteiger partial charge in [-0.05, 0) is 12.1 Å². The Morgan fingerprint density at radius 1 is 1.25 bits per heavy atom. The van der Waals surface area contributed by atoms with Crippen LogP contribution in [-0.4, -0.2) is 26.4 Å². The maximum Gasteiger partial charge on any atom is 0.256 e. The van der Waals surface area contributed by atoms with Gasteiger partial charge in [-0.3, -0.25) is 0 Å². The fraction of sp³-hybridized carbons (Fsp3) is 0.200. The molecule has 0 atom stereocenters. The molecule has 1 aromatic rings. The summed E-state index contributed by atoms with van der Waals surface area (Å²) in [5.41, 5.74) is 11.1. The first-order valence-corrected chi connectivity index (χ1v) is 4.57. The second-order valence-corrected chi connectivity index (χ2v) is 2.89. The third-order valence-electron chi connectivity index (χ3n) is 1.87. The molecule has 0 saturated carbocycles. The Balaban J connectivity index is 3.09. The van der Waals surface area contributed by atoms with Gasteiger partial charge in [0.2, 0.25) is 6.21 Å². The van der Waals surface area contributed by atoms with Crippen molar-refractivity contribution in [2.75, 3.05) is 14.2 Å². The van der Waals surface area contributed by atoms with E-state index in [1.165, 1.54) is 0 Å². The predicted molar refractivity (Wildman–Crippen MR) is 61.5 cm³/mol. The molecule has 6 nitrogen and oxygen atoms in total. The minimum atomic E-state index is -0.0508. The maximum absolute atomic E-state index is 5.18. The highest BCUT2D eigenvalue weighted by molar-refractivity contribution is 5.84. The van der Waals surface area contributed by atoms with Crippen LogP contribution in [0.1, 0.15) is 5.56 Å². The standard InChI is InChI=1S/C10H14N4O2/c1-15-8-4-3-5-9(16-2)7(8)6-13-14-10(11)12/h3-6H,1-2H3,(H4,11,12,14)/p+1. The first-order valence-electron chi connectivity index (χ1n) is 4.57. The summed E-state index contributed by atoms with van der Waals surface area (Å²) < 4.78 is 10.4. The van der Waals surface area contributed by atoms with Gasteiger partial charge in [0.15, 0.2) is 0 Å². The lowest BCUT2D eigenvalue weighted by Gasteiger charge is -2.06. The number of benzene rings is 1. The molecule has 1 rings (SSSR count). The zero-order valence-electron chi connectivity index (χ0n) is 9.23. The highest BCUT2D eigenvalue weighted by Gasteiger charge is 2.09. The molecule has 0 aliphatic carbocycles. The van der Waals surface area contributed by atoms with Crippen molar-refractivity contribution in [1.82, 2.24) is 0 Å². The molecule has 0 saturated heterocycles. The number of nitrogens with one attached hydrogen (secondary N) is 1. The normalized spacial score (nSPS) is 10.1. The monoisotopic (exact) mass is 223 g/mol. The Labute approximate surface area is 93.6 Å². The molecular weight excluding hydrogens is 208 g/mol. The van der Waals surface area contributed by atoms with E-state index in [9.17, 15) is 0 Å². The largest absolute Gasteiger partial charge is 0.496 e. The van der Waals surface area contributed by atoms with Crippen LogP contribution in [0.3, 0.4) is 0 Å². The quantitative estimate of drug-likeness (QED) is 0.325. The fourth-order valence-corrected chi connectivity index (χ4v) is 1.19. The van der Waals surface area contributed by atoms with Gasteiger partial charge in [-0.15, -0.1) is 5.10 Å². The van der Waals surface area contributed by atoms with Gasteiger partial charge < -0.3 is 20.9 Å². The molecule has 0 heterocycles. The molecule has 0 aromatic heterocycles. The van der Waals surface area contributed by atoms with Gasteiger partial charge in [-0.25, -0.2) is 0 Å². The Morgan fingerprint density at radius 2 is 1.81 bits per heavy atom. The van der Waals surface area contributed by atoms with Gasteiger partial charge in [0.05, 0.1) is 14.2 Å². The fourth-order valence-electron chi connectivity index (χ4n) is 1.19. The summed E-state index contributed by atoms with van der Waals surface area (Å²) in [5, 5.41) is 6.23. The van der Waals surface area contributed by atoms with Crippen LogP contribution in [0, 0.1) is 0 Å². The molecule has 86 valence electrons. The number of ether oxygens (including phenoxy) is 2. The van der Waals surface area contributed by atoms with Crippen LogP contribution >= 0.6 is 0 Å². The minimum absolute atomic E-state index is 0.0508. The zero-order valence-corrected chi connectivity index (χ0v) is 9.23. The van der Waals surface area contributed by atoms with Crippen molar-refractivity contribution in [2.24, 2.45) is 16.6 Å². The molecule has 6 heteroatoms. The lowest BCUT2D eigenvalue weighted by atomic mass is 10.2. The van der Waals surface area contributed by atoms with Gasteiger partial charge in [0.1, 0.15) is 17.1 Å². The third kappa shape index (κ3) is 2.88. The molecule has 0 fully saturated rings. The summed E-state index contributed by atoms with van der Waals surface area (Å²) in [4.78, 5) is 0. The van der Waals surface area contributed by atoms with Crippen molar-refractivity contribution < 1.29 is 14.6 Å². The van der Waals surface area contributed by atoms with Crippen LogP contribution in [0.2, 0.25) is 0 Å². The molecular formula is C10H15N4O2+. The lowest BCUT2D eigenvalue weighted by molar-refractivity contribution is -0.456. The van der Waals surface area contributed by atoms with Crippen LogP contribution in [0.5, 0.6) is 11.5 Å². The van der Waals surface area contributed by atoms with E-state index in [0.29, 0.717) is 11.5 Å². The first-order chi connectivity index (χ1) is 7.69. The van der Waals surface area contributed by atoms with E-state index in [2.05, 4.69) is 10.2 Å². The molecule has 0 amide bonds. The van der Waals surface area contributed by atoms with E-state index < -0.39 is 0 Å². The van der Waals surface area contributed by atoms with Crippen LogP contribution in [0.4, 0.5) is 0 Å². The molecule has 0 radical (unpaired) electrons. The van der Waals surface area contributed by atoms with Crippen molar-refractivity contribution in [3.63, 3.8) is 0 Å². The Kier molecular flexibility index (Phi) is 4.14. The van der Waals surface area contributed by atoms with E-state index in [1.54, 1.807) is 20.4 Å². The van der Waals surface area contributed by atoms with Crippen LogP contribution in [0.15, 0.2) is 23.3 Å². The molecule has 1 aromatic carbocycles. The number of hydrogen-bond acceptors (Lipinski definition) is 3. The average Bonchev–Trinajstić information content (AvgIpc) is 2.28. The number of hydrogen-bond donors (Lipinski definition) is 3. The molecule has 0 aliphatic heterocycles. The predicted octanol–water partition coefficient (Wildman–Crippen LogP) is -1.61. The van der Waals surface area contributed by atoms with Crippen molar-refractivity contribution in [2.45, 2.75) is 0 Å². The van der Waals surface area contributed by atoms with Crippen molar-refractivity contribution in [3.05, 3.63) is 23.8 Å². The highest BCUT2D eigenvalue weighted by atomic mass is 16.5. The molecule has 0 aliphatic rings. The molecule has 0 unspecified atom stereocenters. The summed E-state index contributed by atoms with van der Waals surface area (Å²) in [6.07, 6.45) is 1.59. The Morgan fingerprint density at radius 3 is 2.25 bits per heavy atom. The number of hydrazone groups is 1. The van der Waals surface area contributed by atoms with Crippen molar-refractivity contribution in [1.29, 1.82) is 0 Å². The molecule has 0 spiro atoms. The summed E-state index contributed by atoms with van der Waals surface area (Å²) in [7, 11) is 3.15.